The predicted octanol–water partition coefficient (Wildman–Crippen LogP) is 3.69. The Hall–Kier alpha value is 1.09. The second-order valence-electron chi connectivity index (χ2n) is 3.73. The van der Waals surface area contributed by atoms with E-state index in [1.165, 1.54) is 0 Å². The third-order valence-corrected chi connectivity index (χ3v) is 5.37. The van der Waals surface area contributed by atoms with Gasteiger partial charge in [-0.2, -0.15) is 0 Å². The van der Waals surface area contributed by atoms with Gasteiger partial charge in [0.25, 0.3) is 0 Å². The molecule has 0 amide bonds. The maximum absolute atomic E-state index is 2.35. The summed E-state index contributed by atoms with van der Waals surface area (Å²) in [5.41, 5.74) is 2.69. The zero-order valence-corrected chi connectivity index (χ0v) is 10.9. The Morgan fingerprint density at radius 2 is 0.818 bits per heavy atom. The Kier molecular flexibility index (Phi) is 8.75. The van der Waals surface area contributed by atoms with Crippen LogP contribution in [0.15, 0.2) is 0 Å². The van der Waals surface area contributed by atoms with Gasteiger partial charge in [-0.05, 0) is 17.0 Å². The fourth-order valence-corrected chi connectivity index (χ4v) is 5.37. The summed E-state index contributed by atoms with van der Waals surface area (Å²) in [4.78, 5) is 0. The van der Waals surface area contributed by atoms with Crippen molar-refractivity contribution < 1.29 is 20.4 Å². The van der Waals surface area contributed by atoms with Crippen LogP contribution in [0.3, 0.4) is 0 Å². The van der Waals surface area contributed by atoms with E-state index in [9.17, 15) is 0 Å². The Balaban J connectivity index is 0. The molecule has 0 saturated carbocycles. The molecule has 0 nitrogen and oxygen atoms in total. The SMILES string of the molecule is CC(C)P(C(C)C)C(C)C.[Pd+2]. The van der Waals surface area contributed by atoms with E-state index >= 15 is 0 Å². The molecule has 0 unspecified atom stereocenters. The van der Waals surface area contributed by atoms with Gasteiger partial charge < -0.3 is 0 Å². The van der Waals surface area contributed by atoms with Crippen LogP contribution in [0.2, 0.25) is 0 Å². The van der Waals surface area contributed by atoms with E-state index in [-0.39, 0.29) is 28.3 Å². The molecule has 0 N–H and O–H groups in total. The smallest absolute Gasteiger partial charge is 0.0988 e. The minimum absolute atomic E-state index is 0. The molecule has 70 valence electrons. The van der Waals surface area contributed by atoms with Crippen LogP contribution in [0.4, 0.5) is 0 Å². The van der Waals surface area contributed by atoms with Gasteiger partial charge in [0.15, 0.2) is 0 Å². The summed E-state index contributed by atoms with van der Waals surface area (Å²) in [7, 11) is 0.262. The van der Waals surface area contributed by atoms with Gasteiger partial charge in [-0.25, -0.2) is 0 Å². The maximum atomic E-state index is 2.35. The van der Waals surface area contributed by atoms with Crippen molar-refractivity contribution in [1.82, 2.24) is 0 Å². The second kappa shape index (κ2) is 6.59. The third kappa shape index (κ3) is 5.35. The van der Waals surface area contributed by atoms with Gasteiger partial charge in [-0.3, -0.25) is 0 Å². The number of rotatable bonds is 3. The zero-order chi connectivity index (χ0) is 8.31. The van der Waals surface area contributed by atoms with E-state index in [0.717, 1.165) is 17.0 Å². The van der Waals surface area contributed by atoms with Crippen LogP contribution < -0.4 is 0 Å². The largest absolute Gasteiger partial charge is 2.00 e. The van der Waals surface area contributed by atoms with Gasteiger partial charge in [0.05, 0.1) is 0 Å². The average molecular weight is 267 g/mol. The van der Waals surface area contributed by atoms with E-state index in [0.29, 0.717) is 0 Å². The molecule has 0 aromatic heterocycles. The van der Waals surface area contributed by atoms with Crippen molar-refractivity contribution in [3.8, 4) is 0 Å². The van der Waals surface area contributed by atoms with E-state index in [1.807, 2.05) is 0 Å². The summed E-state index contributed by atoms with van der Waals surface area (Å²) < 4.78 is 0. The van der Waals surface area contributed by atoms with Crippen molar-refractivity contribution in [2.75, 3.05) is 0 Å². The molecule has 2 heteroatoms. The Bertz CT molecular complexity index is 70.5. The Morgan fingerprint density at radius 3 is 0.818 bits per heavy atom. The van der Waals surface area contributed by atoms with Crippen LogP contribution in [0.1, 0.15) is 41.5 Å². The first-order valence-electron chi connectivity index (χ1n) is 4.24. The standard InChI is InChI=1S/C9H21P.Pd/c1-7(2)10(8(3)4)9(5)6;/h7-9H,1-6H3;/q;+2. The minimum Gasteiger partial charge on any atom is -0.0988 e. The molecule has 0 saturated heterocycles. The molecule has 0 heterocycles. The van der Waals surface area contributed by atoms with Crippen molar-refractivity contribution >= 4 is 7.92 Å². The molecule has 0 rings (SSSR count). The molecule has 0 aliphatic heterocycles. The molecule has 0 aliphatic rings. The first-order chi connectivity index (χ1) is 4.46. The first-order valence-corrected chi connectivity index (χ1v) is 5.79. The second-order valence-corrected chi connectivity index (χ2v) is 7.72. The van der Waals surface area contributed by atoms with Crippen molar-refractivity contribution in [2.24, 2.45) is 0 Å². The van der Waals surface area contributed by atoms with E-state index in [1.54, 1.807) is 0 Å². The fraction of sp³-hybridized carbons (Fsp3) is 1.00. The average Bonchev–Trinajstić information content (AvgIpc) is 1.59. The summed E-state index contributed by atoms with van der Waals surface area (Å²) in [5.74, 6) is 0. The normalized spacial score (nSPS) is 11.5. The number of hydrogen-bond donors (Lipinski definition) is 0. The molecule has 0 fully saturated rings. The summed E-state index contributed by atoms with van der Waals surface area (Å²) in [6, 6.07) is 0. The molecular weight excluding hydrogens is 245 g/mol. The van der Waals surface area contributed by atoms with Crippen molar-refractivity contribution in [2.45, 2.75) is 58.5 Å². The molecule has 0 bridgehead atoms. The third-order valence-electron chi connectivity index (χ3n) is 1.79. The monoisotopic (exact) mass is 266 g/mol. The van der Waals surface area contributed by atoms with Crippen molar-refractivity contribution in [3.05, 3.63) is 0 Å². The molecular formula is C9H21PPd+2. The van der Waals surface area contributed by atoms with Gasteiger partial charge in [-0.15, -0.1) is 0 Å². The minimum atomic E-state index is 0. The van der Waals surface area contributed by atoms with E-state index in [2.05, 4.69) is 41.5 Å². The zero-order valence-electron chi connectivity index (χ0n) is 8.50. The quantitative estimate of drug-likeness (QED) is 0.540. The first kappa shape index (κ1) is 14.6. The summed E-state index contributed by atoms with van der Waals surface area (Å²) in [6.07, 6.45) is 0. The predicted molar refractivity (Wildman–Crippen MR) is 52.3 cm³/mol. The van der Waals surface area contributed by atoms with Crippen LogP contribution in [0, 0.1) is 0 Å². The van der Waals surface area contributed by atoms with Crippen LogP contribution in [0.25, 0.3) is 0 Å². The molecule has 11 heavy (non-hydrogen) atoms. The molecule has 0 atom stereocenters. The van der Waals surface area contributed by atoms with Crippen molar-refractivity contribution in [3.63, 3.8) is 0 Å². The molecule has 0 aliphatic carbocycles. The Labute approximate surface area is 86.9 Å². The van der Waals surface area contributed by atoms with Gasteiger partial charge in [0.2, 0.25) is 0 Å². The summed E-state index contributed by atoms with van der Waals surface area (Å²) in [5, 5.41) is 0. The molecule has 0 spiro atoms. The van der Waals surface area contributed by atoms with Crippen LogP contribution in [0.5, 0.6) is 0 Å². The van der Waals surface area contributed by atoms with Crippen LogP contribution in [-0.4, -0.2) is 17.0 Å². The maximum Gasteiger partial charge on any atom is 2.00 e. The van der Waals surface area contributed by atoms with Gasteiger partial charge in [0.1, 0.15) is 0 Å². The van der Waals surface area contributed by atoms with Crippen LogP contribution in [-0.2, 0) is 20.4 Å². The molecule has 0 aromatic carbocycles. The Morgan fingerprint density at radius 1 is 0.636 bits per heavy atom. The van der Waals surface area contributed by atoms with Gasteiger partial charge in [-0.1, -0.05) is 49.5 Å². The molecule has 0 aromatic rings. The van der Waals surface area contributed by atoms with Gasteiger partial charge >= 0.3 is 20.4 Å². The van der Waals surface area contributed by atoms with E-state index < -0.39 is 0 Å². The summed E-state index contributed by atoms with van der Waals surface area (Å²) >= 11 is 0. The van der Waals surface area contributed by atoms with Crippen molar-refractivity contribution in [1.29, 1.82) is 0 Å². The topological polar surface area (TPSA) is 0 Å². The summed E-state index contributed by atoms with van der Waals surface area (Å²) in [6.45, 7) is 14.1. The number of hydrogen-bond acceptors (Lipinski definition) is 0. The molecule has 0 radical (unpaired) electrons. The van der Waals surface area contributed by atoms with Gasteiger partial charge in [0, 0.05) is 0 Å². The fourth-order valence-electron chi connectivity index (χ4n) is 1.79. The van der Waals surface area contributed by atoms with Crippen LogP contribution >= 0.6 is 7.92 Å². The van der Waals surface area contributed by atoms with E-state index in [4.69, 9.17) is 0 Å².